The molecule has 0 spiro atoms. The molecule has 0 fully saturated rings. The van der Waals surface area contributed by atoms with Crippen molar-refractivity contribution in [3.8, 4) is 16.9 Å². The maximum Gasteiger partial charge on any atom is 0.261 e. The molecule has 0 aromatic heterocycles. The number of ether oxygens (including phenoxy) is 1. The Labute approximate surface area is 139 Å². The second kappa shape index (κ2) is 6.60. The summed E-state index contributed by atoms with van der Waals surface area (Å²) in [7, 11) is 6.37. The molecule has 2 aromatic carbocycles. The molecule has 0 aliphatic rings. The molecule has 0 N–H and O–H groups in total. The number of rotatable bonds is 4. The van der Waals surface area contributed by atoms with Crippen LogP contribution in [-0.2, 0) is 9.05 Å². The Kier molecular flexibility index (Phi) is 4.97. The molecule has 7 heteroatoms. The van der Waals surface area contributed by atoms with E-state index >= 15 is 0 Å². The Bertz CT molecular complexity index is 847. The number of benzene rings is 2. The summed E-state index contributed by atoms with van der Waals surface area (Å²) < 4.78 is 28.8. The van der Waals surface area contributed by atoms with Crippen LogP contribution in [-0.4, -0.2) is 40.4 Å². The third-order valence-electron chi connectivity index (χ3n) is 3.28. The fraction of sp³-hybridized carbons (Fsp3) is 0.188. The first-order valence-electron chi connectivity index (χ1n) is 6.69. The first-order chi connectivity index (χ1) is 10.7. The van der Waals surface area contributed by atoms with Gasteiger partial charge < -0.3 is 9.64 Å². The quantitative estimate of drug-likeness (QED) is 0.793. The van der Waals surface area contributed by atoms with Crippen LogP contribution in [0.25, 0.3) is 11.1 Å². The van der Waals surface area contributed by atoms with Crippen molar-refractivity contribution in [2.45, 2.75) is 4.90 Å². The predicted octanol–water partition coefficient (Wildman–Crippen LogP) is 2.99. The Morgan fingerprint density at radius 2 is 1.83 bits per heavy atom. The molecular formula is C16H16ClNO4S. The summed E-state index contributed by atoms with van der Waals surface area (Å²) >= 11 is 0. The number of methoxy groups -OCH3 is 1. The van der Waals surface area contributed by atoms with Gasteiger partial charge in [-0.15, -0.1) is 0 Å². The average molecular weight is 354 g/mol. The summed E-state index contributed by atoms with van der Waals surface area (Å²) in [5.41, 5.74) is 1.40. The van der Waals surface area contributed by atoms with Crippen LogP contribution in [0.4, 0.5) is 0 Å². The van der Waals surface area contributed by atoms with Crippen LogP contribution in [0.2, 0.25) is 0 Å². The van der Waals surface area contributed by atoms with Gasteiger partial charge in [-0.25, -0.2) is 8.42 Å². The van der Waals surface area contributed by atoms with Gasteiger partial charge in [-0.3, -0.25) is 4.79 Å². The van der Waals surface area contributed by atoms with Crippen LogP contribution in [0.3, 0.4) is 0 Å². The number of carbonyl (C=O) groups is 1. The van der Waals surface area contributed by atoms with Crippen LogP contribution < -0.4 is 4.74 Å². The fourth-order valence-corrected chi connectivity index (χ4v) is 3.23. The number of halogens is 1. The molecule has 0 unspecified atom stereocenters. The van der Waals surface area contributed by atoms with Crippen molar-refractivity contribution in [1.82, 2.24) is 4.90 Å². The van der Waals surface area contributed by atoms with Crippen molar-refractivity contribution in [3.63, 3.8) is 0 Å². The molecule has 23 heavy (non-hydrogen) atoms. The van der Waals surface area contributed by atoms with E-state index in [0.29, 0.717) is 22.4 Å². The maximum absolute atomic E-state index is 12.1. The molecule has 0 saturated carbocycles. The minimum absolute atomic E-state index is 0.0329. The molecule has 1 amide bonds. The predicted molar refractivity (Wildman–Crippen MR) is 89.5 cm³/mol. The topological polar surface area (TPSA) is 63.7 Å². The van der Waals surface area contributed by atoms with Crippen LogP contribution in [0.5, 0.6) is 5.75 Å². The summed E-state index contributed by atoms with van der Waals surface area (Å²) in [5, 5.41) is 0. The molecule has 0 bridgehead atoms. The van der Waals surface area contributed by atoms with Gasteiger partial charge in [0.25, 0.3) is 15.0 Å². The van der Waals surface area contributed by atoms with E-state index in [0.717, 1.165) is 0 Å². The molecular weight excluding hydrogens is 338 g/mol. The van der Waals surface area contributed by atoms with Crippen molar-refractivity contribution in [2.75, 3.05) is 21.2 Å². The molecule has 0 radical (unpaired) electrons. The largest absolute Gasteiger partial charge is 0.497 e. The lowest BCUT2D eigenvalue weighted by atomic mass is 10.0. The van der Waals surface area contributed by atoms with Gasteiger partial charge in [-0.2, -0.15) is 0 Å². The lowest BCUT2D eigenvalue weighted by Gasteiger charge is -2.13. The summed E-state index contributed by atoms with van der Waals surface area (Å²) in [6, 6.07) is 11.2. The zero-order valence-electron chi connectivity index (χ0n) is 12.9. The number of nitrogens with zero attached hydrogens (tertiary/aromatic N) is 1. The van der Waals surface area contributed by atoms with Gasteiger partial charge in [0.1, 0.15) is 5.75 Å². The van der Waals surface area contributed by atoms with Crippen molar-refractivity contribution in [3.05, 3.63) is 48.0 Å². The van der Waals surface area contributed by atoms with E-state index in [9.17, 15) is 13.2 Å². The van der Waals surface area contributed by atoms with Crippen LogP contribution >= 0.6 is 10.7 Å². The highest BCUT2D eigenvalue weighted by molar-refractivity contribution is 8.13. The van der Waals surface area contributed by atoms with Gasteiger partial charge in [0.2, 0.25) is 0 Å². The highest BCUT2D eigenvalue weighted by Gasteiger charge is 2.19. The van der Waals surface area contributed by atoms with Gasteiger partial charge in [-0.05, 0) is 35.9 Å². The van der Waals surface area contributed by atoms with E-state index in [1.165, 1.54) is 24.1 Å². The minimum atomic E-state index is -3.93. The first-order valence-corrected chi connectivity index (χ1v) is 9.00. The van der Waals surface area contributed by atoms with E-state index < -0.39 is 9.05 Å². The van der Waals surface area contributed by atoms with Crippen LogP contribution in [0.15, 0.2) is 47.4 Å². The van der Waals surface area contributed by atoms with Gasteiger partial charge in [0, 0.05) is 35.9 Å². The first kappa shape index (κ1) is 17.3. The van der Waals surface area contributed by atoms with Crippen molar-refractivity contribution >= 4 is 25.6 Å². The van der Waals surface area contributed by atoms with Gasteiger partial charge >= 0.3 is 0 Å². The minimum Gasteiger partial charge on any atom is -0.497 e. The van der Waals surface area contributed by atoms with Crippen molar-refractivity contribution in [1.29, 1.82) is 0 Å². The van der Waals surface area contributed by atoms with E-state index in [4.69, 9.17) is 15.4 Å². The molecule has 0 saturated heterocycles. The average Bonchev–Trinajstić information content (AvgIpc) is 2.52. The number of carbonyl (C=O) groups excluding carboxylic acids is 1. The zero-order valence-corrected chi connectivity index (χ0v) is 14.5. The molecule has 2 aromatic rings. The Morgan fingerprint density at radius 1 is 1.13 bits per heavy atom. The zero-order chi connectivity index (χ0) is 17.2. The third kappa shape index (κ3) is 3.83. The van der Waals surface area contributed by atoms with Crippen molar-refractivity contribution < 1.29 is 17.9 Å². The van der Waals surface area contributed by atoms with Gasteiger partial charge in [0.15, 0.2) is 0 Å². The lowest BCUT2D eigenvalue weighted by molar-refractivity contribution is 0.0827. The Morgan fingerprint density at radius 3 is 2.39 bits per heavy atom. The molecule has 5 nitrogen and oxygen atoms in total. The number of hydrogen-bond donors (Lipinski definition) is 0. The molecule has 0 heterocycles. The molecule has 0 aliphatic heterocycles. The SMILES string of the molecule is COc1ccc(S(=O)(=O)Cl)c(-c2cccc(C(=O)N(C)C)c2)c1. The Hall–Kier alpha value is -2.05. The molecule has 2 rings (SSSR count). The summed E-state index contributed by atoms with van der Waals surface area (Å²) in [4.78, 5) is 13.5. The second-order valence-electron chi connectivity index (χ2n) is 5.08. The maximum atomic E-state index is 12.1. The fourth-order valence-electron chi connectivity index (χ4n) is 2.15. The number of amides is 1. The lowest BCUT2D eigenvalue weighted by Crippen LogP contribution is -2.21. The normalized spacial score (nSPS) is 11.1. The molecule has 122 valence electrons. The number of hydrogen-bond acceptors (Lipinski definition) is 4. The van der Waals surface area contributed by atoms with Crippen LogP contribution in [0, 0.1) is 0 Å². The van der Waals surface area contributed by atoms with Crippen molar-refractivity contribution in [2.24, 2.45) is 0 Å². The van der Waals surface area contributed by atoms with Gasteiger partial charge in [0.05, 0.1) is 12.0 Å². The Balaban J connectivity index is 2.66. The molecule has 0 aliphatic carbocycles. The molecule has 0 atom stereocenters. The van der Waals surface area contributed by atoms with Gasteiger partial charge in [-0.1, -0.05) is 12.1 Å². The smallest absolute Gasteiger partial charge is 0.261 e. The third-order valence-corrected chi connectivity index (χ3v) is 4.66. The summed E-state index contributed by atoms with van der Waals surface area (Å²) in [6.07, 6.45) is 0. The van der Waals surface area contributed by atoms with E-state index in [2.05, 4.69) is 0 Å². The van der Waals surface area contributed by atoms with E-state index in [-0.39, 0.29) is 10.8 Å². The summed E-state index contributed by atoms with van der Waals surface area (Å²) in [6.45, 7) is 0. The highest BCUT2D eigenvalue weighted by Crippen LogP contribution is 2.33. The summed E-state index contributed by atoms with van der Waals surface area (Å²) in [5.74, 6) is 0.318. The highest BCUT2D eigenvalue weighted by atomic mass is 35.7. The van der Waals surface area contributed by atoms with E-state index in [1.54, 1.807) is 44.4 Å². The van der Waals surface area contributed by atoms with Crippen LogP contribution in [0.1, 0.15) is 10.4 Å². The second-order valence-corrected chi connectivity index (χ2v) is 7.61. The van der Waals surface area contributed by atoms with E-state index in [1.807, 2.05) is 0 Å². The monoisotopic (exact) mass is 353 g/mol. The standard InChI is InChI=1S/C16H16ClNO4S/c1-18(2)16(19)12-6-4-5-11(9-12)14-10-13(22-3)7-8-15(14)23(17,20)21/h4-10H,1-3H3.